The van der Waals surface area contributed by atoms with Crippen LogP contribution in [0.15, 0.2) is 24.3 Å². The van der Waals surface area contributed by atoms with Crippen LogP contribution in [0.4, 0.5) is 0 Å². The van der Waals surface area contributed by atoms with E-state index < -0.39 is 0 Å². The van der Waals surface area contributed by atoms with Crippen molar-refractivity contribution in [1.82, 2.24) is 0 Å². The van der Waals surface area contributed by atoms with Gasteiger partial charge in [-0.1, -0.05) is 64.0 Å². The molecule has 0 aliphatic carbocycles. The molecule has 17 heavy (non-hydrogen) atoms. The smallest absolute Gasteiger partial charge is 0.178 e. The maximum absolute atomic E-state index is 10.9. The van der Waals surface area contributed by atoms with Gasteiger partial charge in [0.1, 0.15) is 0 Å². The molecule has 0 saturated heterocycles. The van der Waals surface area contributed by atoms with Gasteiger partial charge in [0.05, 0.1) is 0 Å². The quantitative estimate of drug-likeness (QED) is 0.501. The average molecular weight is 233 g/mol. The van der Waals surface area contributed by atoms with E-state index in [4.69, 9.17) is 0 Å². The molecule has 0 heterocycles. The molecular weight excluding hydrogens is 208 g/mol. The van der Waals surface area contributed by atoms with Gasteiger partial charge in [0.25, 0.3) is 0 Å². The predicted octanol–water partition coefficient (Wildman–Crippen LogP) is 5.51. The van der Waals surface area contributed by atoms with Crippen molar-refractivity contribution in [3.8, 4) is 5.75 Å². The van der Waals surface area contributed by atoms with Crippen LogP contribution in [0.3, 0.4) is 0 Å². The molecule has 1 radical (unpaired) electrons. The molecule has 0 aliphatic heterocycles. The summed E-state index contributed by atoms with van der Waals surface area (Å²) in [5.41, 5.74) is 1.30. The highest BCUT2D eigenvalue weighted by Crippen LogP contribution is 2.14. The second-order valence-electron chi connectivity index (χ2n) is 4.87. The molecule has 0 atom stereocenters. The third-order valence-corrected chi connectivity index (χ3v) is 3.24. The van der Waals surface area contributed by atoms with E-state index in [2.05, 4.69) is 6.92 Å². The Morgan fingerprint density at radius 3 is 1.88 bits per heavy atom. The summed E-state index contributed by atoms with van der Waals surface area (Å²) in [4.78, 5) is 0. The number of hydrogen-bond donors (Lipinski definition) is 0. The highest BCUT2D eigenvalue weighted by molar-refractivity contribution is 5.25. The van der Waals surface area contributed by atoms with Crippen molar-refractivity contribution in [2.24, 2.45) is 0 Å². The lowest BCUT2D eigenvalue weighted by Gasteiger charge is -2.02. The minimum absolute atomic E-state index is 0.115. The zero-order valence-corrected chi connectivity index (χ0v) is 11.1. The van der Waals surface area contributed by atoms with Crippen molar-refractivity contribution in [1.29, 1.82) is 0 Å². The third-order valence-electron chi connectivity index (χ3n) is 3.24. The van der Waals surface area contributed by atoms with Crippen molar-refractivity contribution in [3.05, 3.63) is 29.8 Å². The van der Waals surface area contributed by atoms with Gasteiger partial charge in [-0.2, -0.15) is 0 Å². The van der Waals surface area contributed by atoms with Crippen LogP contribution >= 0.6 is 0 Å². The van der Waals surface area contributed by atoms with Gasteiger partial charge >= 0.3 is 0 Å². The average Bonchev–Trinajstić information content (AvgIpc) is 2.35. The first-order valence-electron chi connectivity index (χ1n) is 7.09. The van der Waals surface area contributed by atoms with Gasteiger partial charge in [-0.25, -0.2) is 0 Å². The van der Waals surface area contributed by atoms with Crippen LogP contribution in [-0.2, 0) is 11.5 Å². The molecule has 0 bridgehead atoms. The highest BCUT2D eigenvalue weighted by Gasteiger charge is 1.95. The van der Waals surface area contributed by atoms with Crippen LogP contribution < -0.4 is 0 Å². The van der Waals surface area contributed by atoms with Crippen LogP contribution in [-0.4, -0.2) is 0 Å². The SMILES string of the molecule is CCCCCCCCCCc1ccc([O])cc1. The van der Waals surface area contributed by atoms with Crippen LogP contribution in [0.1, 0.15) is 63.9 Å². The Labute approximate surface area is 106 Å². The summed E-state index contributed by atoms with van der Waals surface area (Å²) in [6.07, 6.45) is 12.0. The van der Waals surface area contributed by atoms with Crippen LogP contribution in [0.25, 0.3) is 0 Å². The summed E-state index contributed by atoms with van der Waals surface area (Å²) < 4.78 is 0. The third kappa shape index (κ3) is 7.04. The minimum Gasteiger partial charge on any atom is -0.290 e. The van der Waals surface area contributed by atoms with Crippen molar-refractivity contribution in [3.63, 3.8) is 0 Å². The molecule has 95 valence electrons. The molecule has 1 aromatic carbocycles. The highest BCUT2D eigenvalue weighted by atomic mass is 16.3. The predicted molar refractivity (Wildman–Crippen MR) is 72.9 cm³/mol. The van der Waals surface area contributed by atoms with E-state index >= 15 is 0 Å². The minimum atomic E-state index is 0.115. The molecule has 0 amide bonds. The molecule has 0 fully saturated rings. The molecule has 0 unspecified atom stereocenters. The molecule has 0 aromatic heterocycles. The van der Waals surface area contributed by atoms with E-state index in [9.17, 15) is 5.11 Å². The van der Waals surface area contributed by atoms with E-state index in [1.807, 2.05) is 12.1 Å². The van der Waals surface area contributed by atoms with Gasteiger partial charge in [0, 0.05) is 0 Å². The maximum Gasteiger partial charge on any atom is 0.178 e. The monoisotopic (exact) mass is 233 g/mol. The van der Waals surface area contributed by atoms with Gasteiger partial charge in [-0.05, 0) is 30.5 Å². The Bertz CT molecular complexity index is 276. The fourth-order valence-corrected chi connectivity index (χ4v) is 2.12. The van der Waals surface area contributed by atoms with Gasteiger partial charge in [0.2, 0.25) is 0 Å². The van der Waals surface area contributed by atoms with Crippen molar-refractivity contribution in [2.45, 2.75) is 64.7 Å². The van der Waals surface area contributed by atoms with E-state index in [1.165, 1.54) is 56.9 Å². The zero-order chi connectivity index (χ0) is 12.3. The number of rotatable bonds is 9. The van der Waals surface area contributed by atoms with Gasteiger partial charge in [-0.15, -0.1) is 0 Å². The van der Waals surface area contributed by atoms with Crippen molar-refractivity contribution < 1.29 is 5.11 Å². The van der Waals surface area contributed by atoms with Crippen LogP contribution in [0, 0.1) is 0 Å². The first kappa shape index (κ1) is 14.1. The van der Waals surface area contributed by atoms with E-state index in [-0.39, 0.29) is 5.75 Å². The Morgan fingerprint density at radius 1 is 0.765 bits per heavy atom. The number of benzene rings is 1. The number of hydrogen-bond acceptors (Lipinski definition) is 0. The molecule has 1 heteroatoms. The molecule has 1 rings (SSSR count). The van der Waals surface area contributed by atoms with E-state index in [0.29, 0.717) is 0 Å². The normalized spacial score (nSPS) is 10.6. The molecule has 0 N–H and O–H groups in total. The van der Waals surface area contributed by atoms with E-state index in [1.54, 1.807) is 12.1 Å². The Hall–Kier alpha value is -0.980. The summed E-state index contributed by atoms with van der Waals surface area (Å²) in [6, 6.07) is 7.26. The topological polar surface area (TPSA) is 19.9 Å². The summed E-state index contributed by atoms with van der Waals surface area (Å²) in [5.74, 6) is 0.115. The lowest BCUT2D eigenvalue weighted by molar-refractivity contribution is 0.355. The molecule has 1 nitrogen and oxygen atoms in total. The van der Waals surface area contributed by atoms with Gasteiger partial charge in [0.15, 0.2) is 5.75 Å². The lowest BCUT2D eigenvalue weighted by atomic mass is 10.0. The number of unbranched alkanes of at least 4 members (excludes halogenated alkanes) is 7. The maximum atomic E-state index is 10.9. The molecule has 1 aromatic rings. The number of aryl methyl sites for hydroxylation is 1. The summed E-state index contributed by atoms with van der Waals surface area (Å²) in [6.45, 7) is 2.26. The Morgan fingerprint density at radius 2 is 1.29 bits per heavy atom. The van der Waals surface area contributed by atoms with Gasteiger partial charge in [-0.3, -0.25) is 5.11 Å². The van der Waals surface area contributed by atoms with Crippen LogP contribution in [0.5, 0.6) is 5.75 Å². The van der Waals surface area contributed by atoms with E-state index in [0.717, 1.165) is 6.42 Å². The fraction of sp³-hybridized carbons (Fsp3) is 0.625. The van der Waals surface area contributed by atoms with Crippen molar-refractivity contribution >= 4 is 0 Å². The lowest BCUT2D eigenvalue weighted by Crippen LogP contribution is -1.86. The largest absolute Gasteiger partial charge is 0.290 e. The Balaban J connectivity index is 1.95. The molecule has 0 spiro atoms. The summed E-state index contributed by atoms with van der Waals surface area (Å²) in [5, 5.41) is 10.9. The second kappa shape index (κ2) is 9.09. The first-order valence-corrected chi connectivity index (χ1v) is 7.09. The Kier molecular flexibility index (Phi) is 7.53. The van der Waals surface area contributed by atoms with Crippen molar-refractivity contribution in [2.75, 3.05) is 0 Å². The summed E-state index contributed by atoms with van der Waals surface area (Å²) in [7, 11) is 0. The standard InChI is InChI=1S/C16H25O/c1-2-3-4-5-6-7-8-9-10-15-11-13-16(17)14-12-15/h11-14H,2-10H2,1H3. The molecule has 0 aliphatic rings. The van der Waals surface area contributed by atoms with Gasteiger partial charge < -0.3 is 0 Å². The fourth-order valence-electron chi connectivity index (χ4n) is 2.12. The zero-order valence-electron chi connectivity index (χ0n) is 11.1. The second-order valence-corrected chi connectivity index (χ2v) is 4.87. The first-order chi connectivity index (χ1) is 8.33. The summed E-state index contributed by atoms with van der Waals surface area (Å²) >= 11 is 0. The van der Waals surface area contributed by atoms with Crippen LogP contribution in [0.2, 0.25) is 0 Å². The molecule has 0 saturated carbocycles. The molecular formula is C16H25O.